The number of benzene rings is 1. The minimum absolute atomic E-state index is 0.0619. The van der Waals surface area contributed by atoms with Crippen LogP contribution in [0.25, 0.3) is 5.70 Å². The van der Waals surface area contributed by atoms with Crippen molar-refractivity contribution in [3.63, 3.8) is 0 Å². The minimum Gasteiger partial charge on any atom is -0.397 e. The van der Waals surface area contributed by atoms with E-state index in [1.54, 1.807) is 0 Å². The largest absolute Gasteiger partial charge is 0.397 e. The summed E-state index contributed by atoms with van der Waals surface area (Å²) in [7, 11) is -0.0841. The molecule has 1 atom stereocenters. The molecule has 0 spiro atoms. The molecule has 0 bridgehead atoms. The summed E-state index contributed by atoms with van der Waals surface area (Å²) in [6.07, 6.45) is -0.257. The van der Waals surface area contributed by atoms with Crippen molar-refractivity contribution in [2.75, 3.05) is 13.6 Å². The maximum Gasteiger partial charge on any atom is 0.194 e. The van der Waals surface area contributed by atoms with Gasteiger partial charge in [-0.15, -0.1) is 0 Å². The van der Waals surface area contributed by atoms with Gasteiger partial charge in [0, 0.05) is 19.2 Å². The maximum atomic E-state index is 14.0. The molecule has 0 amide bonds. The van der Waals surface area contributed by atoms with Crippen molar-refractivity contribution in [2.45, 2.75) is 59.0 Å². The molecular weight excluding hydrogens is 374 g/mol. The molecule has 0 fully saturated rings. The summed E-state index contributed by atoms with van der Waals surface area (Å²) in [6, 6.07) is 2.57. The van der Waals surface area contributed by atoms with Crippen molar-refractivity contribution in [2.24, 2.45) is 0 Å². The molecule has 0 aromatic heterocycles. The molecule has 26 heavy (non-hydrogen) atoms. The van der Waals surface area contributed by atoms with E-state index < -0.39 is 25.0 Å². The van der Waals surface area contributed by atoms with Gasteiger partial charge in [-0.2, -0.15) is 5.01 Å². The van der Waals surface area contributed by atoms with Gasteiger partial charge in [-0.3, -0.25) is 0 Å². The van der Waals surface area contributed by atoms with E-state index in [-0.39, 0.29) is 11.3 Å². The first-order valence-corrected chi connectivity index (χ1v) is 12.1. The van der Waals surface area contributed by atoms with Gasteiger partial charge in [0.05, 0.1) is 5.70 Å². The number of hydrazine groups is 1. The molecule has 1 aromatic rings. The predicted molar refractivity (Wildman–Crippen MR) is 106 cm³/mol. The van der Waals surface area contributed by atoms with Gasteiger partial charge in [-0.25, -0.2) is 8.78 Å². The molecule has 0 radical (unpaired) electrons. The quantitative estimate of drug-likeness (QED) is 0.462. The van der Waals surface area contributed by atoms with Crippen LogP contribution in [0.2, 0.25) is 23.2 Å². The van der Waals surface area contributed by atoms with E-state index in [4.69, 9.17) is 16.0 Å². The standard InChI is InChI=1S/C19H29ClF2N2OSi/c1-9-24-17(13-10-14(21)16(20)15(22)11-13)12(2)18(23(24)6)25-26(7,8)19(3,4)5/h10-11,18H,9H2,1-8H3. The van der Waals surface area contributed by atoms with Gasteiger partial charge < -0.3 is 9.43 Å². The highest BCUT2D eigenvalue weighted by Gasteiger charge is 2.44. The molecule has 1 aromatic carbocycles. The van der Waals surface area contributed by atoms with Crippen LogP contribution in [0.5, 0.6) is 0 Å². The fourth-order valence-corrected chi connectivity index (χ4v) is 4.31. The molecular formula is C19H29ClF2N2OSi. The number of hydrogen-bond donors (Lipinski definition) is 0. The van der Waals surface area contributed by atoms with E-state index in [9.17, 15) is 8.78 Å². The molecule has 1 heterocycles. The average Bonchev–Trinajstić information content (AvgIpc) is 2.74. The third-order valence-corrected chi connectivity index (χ3v) is 10.3. The summed E-state index contributed by atoms with van der Waals surface area (Å²) in [5.41, 5.74) is 2.19. The van der Waals surface area contributed by atoms with Gasteiger partial charge in [0.15, 0.2) is 8.32 Å². The third-order valence-electron chi connectivity index (χ3n) is 5.49. The summed E-state index contributed by atoms with van der Waals surface area (Å²) in [4.78, 5) is 0. The summed E-state index contributed by atoms with van der Waals surface area (Å²) in [5, 5.41) is 3.59. The Hall–Kier alpha value is -0.953. The van der Waals surface area contributed by atoms with Gasteiger partial charge in [0.1, 0.15) is 22.9 Å². The van der Waals surface area contributed by atoms with Crippen molar-refractivity contribution in [3.8, 4) is 0 Å². The van der Waals surface area contributed by atoms with Crippen molar-refractivity contribution < 1.29 is 13.2 Å². The van der Waals surface area contributed by atoms with E-state index in [0.717, 1.165) is 11.3 Å². The van der Waals surface area contributed by atoms with Crippen LogP contribution in [0, 0.1) is 11.6 Å². The molecule has 0 saturated heterocycles. The van der Waals surface area contributed by atoms with Gasteiger partial charge in [-0.05, 0) is 49.7 Å². The summed E-state index contributed by atoms with van der Waals surface area (Å²) in [5.74, 6) is -1.51. The van der Waals surface area contributed by atoms with Crippen molar-refractivity contribution in [1.82, 2.24) is 10.0 Å². The van der Waals surface area contributed by atoms with Crippen LogP contribution in [-0.4, -0.2) is 38.2 Å². The van der Waals surface area contributed by atoms with Crippen molar-refractivity contribution in [3.05, 3.63) is 39.9 Å². The molecule has 0 N–H and O–H groups in total. The summed E-state index contributed by atoms with van der Waals surface area (Å²) >= 11 is 5.65. The number of rotatable bonds is 4. The lowest BCUT2D eigenvalue weighted by Gasteiger charge is -2.41. The van der Waals surface area contributed by atoms with E-state index in [2.05, 4.69) is 33.9 Å². The molecule has 0 aliphatic carbocycles. The molecule has 3 nitrogen and oxygen atoms in total. The molecule has 1 aliphatic heterocycles. The lowest BCUT2D eigenvalue weighted by molar-refractivity contribution is -0.0368. The lowest BCUT2D eigenvalue weighted by Crippen LogP contribution is -2.49. The Morgan fingerprint density at radius 3 is 2.12 bits per heavy atom. The van der Waals surface area contributed by atoms with E-state index >= 15 is 0 Å². The third kappa shape index (κ3) is 3.70. The minimum atomic E-state index is -2.03. The first-order chi connectivity index (χ1) is 11.8. The van der Waals surface area contributed by atoms with Gasteiger partial charge in [-0.1, -0.05) is 32.4 Å². The molecule has 146 valence electrons. The predicted octanol–water partition coefficient (Wildman–Crippen LogP) is 5.88. The zero-order chi connectivity index (χ0) is 20.0. The SMILES string of the molecule is CCN1C(c2cc(F)c(Cl)c(F)c2)=C(C)C(O[Si](C)(C)C(C)(C)C)N1C. The van der Waals surface area contributed by atoms with Gasteiger partial charge in [0.25, 0.3) is 0 Å². The van der Waals surface area contributed by atoms with Crippen molar-refractivity contribution in [1.29, 1.82) is 0 Å². The fourth-order valence-electron chi connectivity index (χ4n) is 2.96. The fraction of sp³-hybridized carbons (Fsp3) is 0.579. The highest BCUT2D eigenvalue weighted by molar-refractivity contribution is 6.74. The molecule has 2 rings (SSSR count). The first-order valence-electron chi connectivity index (χ1n) is 8.85. The second kappa shape index (κ2) is 7.22. The molecule has 1 unspecified atom stereocenters. The van der Waals surface area contributed by atoms with Crippen LogP contribution < -0.4 is 0 Å². The van der Waals surface area contributed by atoms with Crippen LogP contribution in [0.1, 0.15) is 40.2 Å². The van der Waals surface area contributed by atoms with E-state index in [0.29, 0.717) is 12.1 Å². The monoisotopic (exact) mass is 402 g/mol. The Morgan fingerprint density at radius 2 is 1.69 bits per heavy atom. The van der Waals surface area contributed by atoms with Crippen LogP contribution in [0.15, 0.2) is 17.7 Å². The number of nitrogens with zero attached hydrogens (tertiary/aromatic N) is 2. The molecule has 0 saturated carbocycles. The zero-order valence-electron chi connectivity index (χ0n) is 16.9. The Labute approximate surface area is 161 Å². The van der Waals surface area contributed by atoms with E-state index in [1.165, 1.54) is 12.1 Å². The highest BCUT2D eigenvalue weighted by Crippen LogP contribution is 2.42. The number of hydrogen-bond acceptors (Lipinski definition) is 3. The Balaban J connectivity index is 2.52. The van der Waals surface area contributed by atoms with Crippen LogP contribution in [-0.2, 0) is 4.43 Å². The summed E-state index contributed by atoms with van der Waals surface area (Å²) in [6.45, 7) is 15.6. The summed E-state index contributed by atoms with van der Waals surface area (Å²) < 4.78 is 34.7. The molecule has 7 heteroatoms. The van der Waals surface area contributed by atoms with Crippen molar-refractivity contribution >= 4 is 25.6 Å². The normalized spacial score (nSPS) is 19.7. The van der Waals surface area contributed by atoms with Crippen LogP contribution in [0.3, 0.4) is 0 Å². The number of halogens is 3. The topological polar surface area (TPSA) is 15.7 Å². The maximum absolute atomic E-state index is 14.0. The second-order valence-electron chi connectivity index (χ2n) is 8.31. The van der Waals surface area contributed by atoms with E-state index in [1.807, 2.05) is 30.9 Å². The number of likely N-dealkylation sites (N-methyl/N-ethyl adjacent to an activating group) is 1. The van der Waals surface area contributed by atoms with Crippen LogP contribution >= 0.6 is 11.6 Å². The second-order valence-corrected chi connectivity index (χ2v) is 13.4. The van der Waals surface area contributed by atoms with Gasteiger partial charge >= 0.3 is 0 Å². The lowest BCUT2D eigenvalue weighted by atomic mass is 10.1. The average molecular weight is 403 g/mol. The Morgan fingerprint density at radius 1 is 1.19 bits per heavy atom. The Bertz CT molecular complexity index is 708. The zero-order valence-corrected chi connectivity index (χ0v) is 18.6. The Kier molecular flexibility index (Phi) is 5.93. The smallest absolute Gasteiger partial charge is 0.194 e. The van der Waals surface area contributed by atoms with Crippen LogP contribution in [0.4, 0.5) is 8.78 Å². The molecule has 1 aliphatic rings. The first kappa shape index (κ1) is 21.3. The highest BCUT2D eigenvalue weighted by atomic mass is 35.5. The van der Waals surface area contributed by atoms with Gasteiger partial charge in [0.2, 0.25) is 0 Å².